The number of piperidine rings is 1. The highest BCUT2D eigenvalue weighted by molar-refractivity contribution is 5.89. The maximum Gasteiger partial charge on any atom is 0.227 e. The highest BCUT2D eigenvalue weighted by Crippen LogP contribution is 2.23. The Morgan fingerprint density at radius 1 is 1.33 bits per heavy atom. The smallest absolute Gasteiger partial charge is 0.227 e. The van der Waals surface area contributed by atoms with Crippen LogP contribution in [0.1, 0.15) is 29.7 Å². The molecule has 128 valence electrons. The Kier molecular flexibility index (Phi) is 5.11. The Balaban J connectivity index is 1.82. The van der Waals surface area contributed by atoms with E-state index in [1.165, 1.54) is 0 Å². The Bertz CT molecular complexity index is 737. The number of aliphatic hydroxyl groups is 1. The van der Waals surface area contributed by atoms with Crippen LogP contribution in [0.3, 0.4) is 0 Å². The van der Waals surface area contributed by atoms with Gasteiger partial charge in [-0.05, 0) is 49.4 Å². The number of carbonyl (C=O) groups is 1. The number of amides is 1. The number of aromatic nitrogens is 1. The van der Waals surface area contributed by atoms with Gasteiger partial charge in [-0.2, -0.15) is 0 Å². The molecule has 0 bridgehead atoms. The van der Waals surface area contributed by atoms with E-state index in [9.17, 15) is 9.90 Å². The largest absolute Gasteiger partial charge is 0.392 e. The zero-order chi connectivity index (χ0) is 17.1. The van der Waals surface area contributed by atoms with Crippen molar-refractivity contribution in [2.45, 2.75) is 32.8 Å². The minimum absolute atomic E-state index is 0.0239. The maximum atomic E-state index is 12.7. The van der Waals surface area contributed by atoms with Crippen LogP contribution < -0.4 is 5.73 Å². The summed E-state index contributed by atoms with van der Waals surface area (Å²) in [5.41, 5.74) is 9.19. The lowest BCUT2D eigenvalue weighted by molar-refractivity contribution is -0.131. The monoisotopic (exact) mass is 327 g/mol. The second kappa shape index (κ2) is 7.28. The lowest BCUT2D eigenvalue weighted by atomic mass is 9.96. The van der Waals surface area contributed by atoms with Gasteiger partial charge < -0.3 is 15.7 Å². The van der Waals surface area contributed by atoms with Gasteiger partial charge in [0.05, 0.1) is 18.5 Å². The van der Waals surface area contributed by atoms with Crippen molar-refractivity contribution in [2.24, 2.45) is 11.7 Å². The Hall–Kier alpha value is -1.98. The summed E-state index contributed by atoms with van der Waals surface area (Å²) in [5, 5.41) is 10.5. The van der Waals surface area contributed by atoms with E-state index >= 15 is 0 Å². The third kappa shape index (κ3) is 3.42. The summed E-state index contributed by atoms with van der Waals surface area (Å²) in [6.07, 6.45) is 2.33. The SMILES string of the molecule is Cc1cc(CO)c2cccc(CC(=O)N3CCC(CN)CC3)c2n1. The zero-order valence-corrected chi connectivity index (χ0v) is 14.2. The third-order valence-corrected chi connectivity index (χ3v) is 4.95. The van der Waals surface area contributed by atoms with Gasteiger partial charge in [0, 0.05) is 24.2 Å². The van der Waals surface area contributed by atoms with E-state index in [1.54, 1.807) is 0 Å². The maximum absolute atomic E-state index is 12.7. The summed E-state index contributed by atoms with van der Waals surface area (Å²) >= 11 is 0. The van der Waals surface area contributed by atoms with Crippen molar-refractivity contribution in [2.75, 3.05) is 19.6 Å². The van der Waals surface area contributed by atoms with Crippen molar-refractivity contribution in [3.63, 3.8) is 0 Å². The van der Waals surface area contributed by atoms with Crippen LogP contribution in [0.5, 0.6) is 0 Å². The van der Waals surface area contributed by atoms with Crippen molar-refractivity contribution >= 4 is 16.8 Å². The number of pyridine rings is 1. The molecule has 0 atom stereocenters. The number of benzene rings is 1. The highest BCUT2D eigenvalue weighted by Gasteiger charge is 2.22. The minimum atomic E-state index is -0.0239. The Labute approximate surface area is 142 Å². The molecule has 0 aliphatic carbocycles. The first kappa shape index (κ1) is 16.9. The van der Waals surface area contributed by atoms with E-state index in [0.717, 1.165) is 53.7 Å². The minimum Gasteiger partial charge on any atom is -0.392 e. The molecule has 3 rings (SSSR count). The fraction of sp³-hybridized carbons (Fsp3) is 0.474. The molecule has 0 unspecified atom stereocenters. The highest BCUT2D eigenvalue weighted by atomic mass is 16.3. The van der Waals surface area contributed by atoms with Crippen LogP contribution in [0.4, 0.5) is 0 Å². The van der Waals surface area contributed by atoms with Crippen molar-refractivity contribution in [3.8, 4) is 0 Å². The summed E-state index contributed by atoms with van der Waals surface area (Å²) in [6, 6.07) is 7.74. The third-order valence-electron chi connectivity index (χ3n) is 4.95. The van der Waals surface area contributed by atoms with Crippen molar-refractivity contribution in [1.82, 2.24) is 9.88 Å². The molecule has 1 amide bonds. The van der Waals surface area contributed by atoms with Crippen LogP contribution in [-0.2, 0) is 17.8 Å². The topological polar surface area (TPSA) is 79.5 Å². The number of nitrogens with zero attached hydrogens (tertiary/aromatic N) is 2. The molecule has 1 aromatic carbocycles. The molecule has 5 heteroatoms. The van der Waals surface area contributed by atoms with Crippen LogP contribution in [-0.4, -0.2) is 40.5 Å². The van der Waals surface area contributed by atoms with Gasteiger partial charge in [-0.1, -0.05) is 18.2 Å². The second-order valence-electron chi connectivity index (χ2n) is 6.63. The van der Waals surface area contributed by atoms with Gasteiger partial charge in [0.25, 0.3) is 0 Å². The van der Waals surface area contributed by atoms with Crippen LogP contribution in [0.15, 0.2) is 24.3 Å². The van der Waals surface area contributed by atoms with Crippen LogP contribution in [0.2, 0.25) is 0 Å². The summed E-state index contributed by atoms with van der Waals surface area (Å²) < 4.78 is 0. The average molecular weight is 327 g/mol. The first-order chi connectivity index (χ1) is 11.6. The van der Waals surface area contributed by atoms with Crippen molar-refractivity contribution < 1.29 is 9.90 Å². The number of para-hydroxylation sites is 1. The van der Waals surface area contributed by atoms with E-state index < -0.39 is 0 Å². The van der Waals surface area contributed by atoms with Gasteiger partial charge in [0.2, 0.25) is 5.91 Å². The molecule has 24 heavy (non-hydrogen) atoms. The number of hydrogen-bond acceptors (Lipinski definition) is 4. The molecule has 0 spiro atoms. The molecule has 0 radical (unpaired) electrons. The quantitative estimate of drug-likeness (QED) is 0.897. The molecular formula is C19H25N3O2. The van der Waals surface area contributed by atoms with Crippen molar-refractivity contribution in [1.29, 1.82) is 0 Å². The number of aliphatic hydroxyl groups excluding tert-OH is 1. The summed E-state index contributed by atoms with van der Waals surface area (Å²) in [4.78, 5) is 19.2. The molecule has 0 saturated carbocycles. The van der Waals surface area contributed by atoms with Gasteiger partial charge in [-0.25, -0.2) is 0 Å². The standard InChI is InChI=1S/C19H25N3O2/c1-13-9-16(12-23)17-4-2-3-15(19(17)21-13)10-18(24)22-7-5-14(11-20)6-8-22/h2-4,9,14,23H,5-8,10-12,20H2,1H3. The Morgan fingerprint density at radius 2 is 2.08 bits per heavy atom. The van der Waals surface area contributed by atoms with E-state index in [1.807, 2.05) is 36.1 Å². The molecule has 2 aromatic rings. The first-order valence-corrected chi connectivity index (χ1v) is 8.59. The van der Waals surface area contributed by atoms with E-state index in [4.69, 9.17) is 5.73 Å². The molecule has 1 fully saturated rings. The average Bonchev–Trinajstić information content (AvgIpc) is 2.61. The fourth-order valence-electron chi connectivity index (χ4n) is 3.49. The van der Waals surface area contributed by atoms with Gasteiger partial charge in [-0.15, -0.1) is 0 Å². The van der Waals surface area contributed by atoms with E-state index in [-0.39, 0.29) is 12.5 Å². The molecule has 1 aliphatic rings. The van der Waals surface area contributed by atoms with Crippen molar-refractivity contribution in [3.05, 3.63) is 41.1 Å². The van der Waals surface area contributed by atoms with Gasteiger partial charge in [-0.3, -0.25) is 9.78 Å². The number of hydrogen-bond donors (Lipinski definition) is 2. The number of likely N-dealkylation sites (tertiary alicyclic amines) is 1. The summed E-state index contributed by atoms with van der Waals surface area (Å²) in [5.74, 6) is 0.690. The molecule has 3 N–H and O–H groups in total. The van der Waals surface area contributed by atoms with E-state index in [0.29, 0.717) is 18.9 Å². The van der Waals surface area contributed by atoms with Crippen LogP contribution in [0, 0.1) is 12.8 Å². The van der Waals surface area contributed by atoms with Gasteiger partial charge in [0.15, 0.2) is 0 Å². The zero-order valence-electron chi connectivity index (χ0n) is 14.2. The number of nitrogens with two attached hydrogens (primary N) is 1. The normalized spacial score (nSPS) is 15.9. The lowest BCUT2D eigenvalue weighted by Gasteiger charge is -2.31. The second-order valence-corrected chi connectivity index (χ2v) is 6.63. The first-order valence-electron chi connectivity index (χ1n) is 8.59. The Morgan fingerprint density at radius 3 is 2.75 bits per heavy atom. The van der Waals surface area contributed by atoms with Gasteiger partial charge >= 0.3 is 0 Å². The van der Waals surface area contributed by atoms with Crippen LogP contribution in [0.25, 0.3) is 10.9 Å². The number of fused-ring (bicyclic) bond motifs is 1. The lowest BCUT2D eigenvalue weighted by Crippen LogP contribution is -2.40. The molecule has 1 saturated heterocycles. The number of aryl methyl sites for hydroxylation is 1. The predicted octanol–water partition coefficient (Wildman–Crippen LogP) is 1.78. The summed E-state index contributed by atoms with van der Waals surface area (Å²) in [7, 11) is 0. The van der Waals surface area contributed by atoms with Gasteiger partial charge in [0.1, 0.15) is 0 Å². The molecule has 1 aliphatic heterocycles. The molecule has 1 aromatic heterocycles. The molecule has 2 heterocycles. The molecular weight excluding hydrogens is 302 g/mol. The number of rotatable bonds is 4. The van der Waals surface area contributed by atoms with E-state index in [2.05, 4.69) is 4.98 Å². The number of carbonyl (C=O) groups excluding carboxylic acids is 1. The summed E-state index contributed by atoms with van der Waals surface area (Å²) in [6.45, 7) is 4.18. The van der Waals surface area contributed by atoms with Crippen LogP contribution >= 0.6 is 0 Å². The molecule has 5 nitrogen and oxygen atoms in total. The fourth-order valence-corrected chi connectivity index (χ4v) is 3.49. The predicted molar refractivity (Wildman–Crippen MR) is 94.5 cm³/mol.